The van der Waals surface area contributed by atoms with Crippen LogP contribution in [0.15, 0.2) is 30.8 Å². The second kappa shape index (κ2) is 15.6. The van der Waals surface area contributed by atoms with Crippen molar-refractivity contribution in [3.8, 4) is 0 Å². The Morgan fingerprint density at radius 3 is 2.28 bits per heavy atom. The molecule has 16 heteroatoms. The molecule has 1 atom stereocenters. The average molecular weight is 719 g/mol. The summed E-state index contributed by atoms with van der Waals surface area (Å²) < 4.78 is 56.1. The van der Waals surface area contributed by atoms with Gasteiger partial charge in [-0.25, -0.2) is 27.5 Å². The van der Waals surface area contributed by atoms with Crippen LogP contribution in [0.3, 0.4) is 0 Å². The lowest BCUT2D eigenvalue weighted by atomic mass is 9.95. The predicted octanol–water partition coefficient (Wildman–Crippen LogP) is 4.03. The molecule has 2 saturated heterocycles. The van der Waals surface area contributed by atoms with Crippen molar-refractivity contribution in [2.24, 2.45) is 0 Å². The van der Waals surface area contributed by atoms with Crippen molar-refractivity contribution >= 4 is 46.3 Å². The fraction of sp³-hybridized carbons (Fsp3) is 0.412. The van der Waals surface area contributed by atoms with E-state index < -0.39 is 41.4 Å². The zero-order chi connectivity index (χ0) is 36.3. The number of nitrogen functional groups attached to an aromatic ring is 2. The number of hydrogen-bond acceptors (Lipinski definition) is 10. The van der Waals surface area contributed by atoms with Gasteiger partial charge in [-0.05, 0) is 43.0 Å². The third-order valence-corrected chi connectivity index (χ3v) is 9.49. The first kappa shape index (κ1) is 36.8. The number of rotatable bonds is 11. The maximum atomic E-state index is 14.4. The number of piperazine rings is 1. The lowest BCUT2D eigenvalue weighted by Crippen LogP contribution is -2.58. The number of nitrogens with two attached hydrogens (primary N) is 2. The van der Waals surface area contributed by atoms with Crippen LogP contribution in [0.5, 0.6) is 0 Å². The number of benzene rings is 2. The third-order valence-electron chi connectivity index (χ3n) is 9.24. The first-order valence-electron chi connectivity index (χ1n) is 16.2. The summed E-state index contributed by atoms with van der Waals surface area (Å²) in [6.45, 7) is 8.73. The number of carbonyl (C=O) groups is 2. The first-order valence-corrected chi connectivity index (χ1v) is 16.6. The summed E-state index contributed by atoms with van der Waals surface area (Å²) in [7, 11) is 0. The Hall–Kier alpha value is -4.47. The van der Waals surface area contributed by atoms with Gasteiger partial charge in [0.1, 0.15) is 5.69 Å². The molecule has 0 radical (unpaired) electrons. The number of aliphatic hydroxyl groups is 1. The van der Waals surface area contributed by atoms with Crippen LogP contribution < -0.4 is 21.7 Å². The molecule has 2 aliphatic rings. The van der Waals surface area contributed by atoms with Gasteiger partial charge in [0.15, 0.2) is 45.8 Å². The molecule has 5 rings (SSSR count). The van der Waals surface area contributed by atoms with Crippen molar-refractivity contribution < 1.29 is 32.3 Å². The minimum atomic E-state index is -1.29. The van der Waals surface area contributed by atoms with E-state index in [0.29, 0.717) is 74.9 Å². The topological polar surface area (TPSA) is 154 Å². The molecule has 1 amide bonds. The zero-order valence-corrected chi connectivity index (χ0v) is 28.2. The van der Waals surface area contributed by atoms with Gasteiger partial charge in [0.25, 0.3) is 5.91 Å². The Kier molecular flexibility index (Phi) is 11.5. The molecule has 1 aromatic heterocycles. The van der Waals surface area contributed by atoms with E-state index in [0.717, 1.165) is 18.6 Å². The van der Waals surface area contributed by atoms with E-state index in [1.165, 1.54) is 0 Å². The quantitative estimate of drug-likeness (QED) is 0.130. The second-order valence-electron chi connectivity index (χ2n) is 12.3. The van der Waals surface area contributed by atoms with Crippen LogP contribution in [0, 0.1) is 23.3 Å². The number of ketones is 1. The van der Waals surface area contributed by atoms with Crippen LogP contribution in [0.4, 0.5) is 34.9 Å². The molecule has 6 N–H and O–H groups in total. The highest BCUT2D eigenvalue weighted by Crippen LogP contribution is 2.31. The standard InChI is InChI=1S/C34H39ClF4N8O3/c1-3-20-17-46(33-31(35)43-30(32(41)44-33)18(2)42-6-11-48)9-10-47(20)21-4-7-45(8-5-21)34(50)22-14-25(37)24(36)12-19(22)13-29(49)23-15-26(38)27(39)16-28(23)40/h12,14-16,20-21,42,48H,2-11,13,17,40H2,1H3,(H2,41,44)/t20-/m0/s1. The molecule has 3 aromatic rings. The van der Waals surface area contributed by atoms with E-state index in [1.54, 1.807) is 4.90 Å². The van der Waals surface area contributed by atoms with Crippen LogP contribution in [0.1, 0.15) is 58.2 Å². The Morgan fingerprint density at radius 1 is 0.980 bits per heavy atom. The Labute approximate surface area is 291 Å². The van der Waals surface area contributed by atoms with Crippen LogP contribution >= 0.6 is 11.6 Å². The van der Waals surface area contributed by atoms with Gasteiger partial charge in [-0.15, -0.1) is 0 Å². The number of hydrogen-bond donors (Lipinski definition) is 4. The molecule has 0 spiro atoms. The Balaban J connectivity index is 1.24. The average Bonchev–Trinajstić information content (AvgIpc) is 3.10. The number of aromatic nitrogens is 2. The van der Waals surface area contributed by atoms with Crippen molar-refractivity contribution in [3.05, 3.63) is 81.7 Å². The SMILES string of the molecule is C=C(NCCO)c1nc(Cl)c(N2CCN(C3CCN(C(=O)c4cc(F)c(F)cc4CC(=O)c4cc(F)c(F)cc4N)CC3)[C@@H](CC)C2)nc1N. The number of amides is 1. The van der Waals surface area contributed by atoms with E-state index in [1.807, 2.05) is 4.90 Å². The van der Waals surface area contributed by atoms with Gasteiger partial charge in [-0.3, -0.25) is 14.5 Å². The van der Waals surface area contributed by atoms with E-state index in [-0.39, 0.29) is 58.6 Å². The van der Waals surface area contributed by atoms with Crippen LogP contribution in [-0.2, 0) is 6.42 Å². The predicted molar refractivity (Wildman–Crippen MR) is 183 cm³/mol. The van der Waals surface area contributed by atoms with Crippen molar-refractivity contribution in [2.75, 3.05) is 62.2 Å². The summed E-state index contributed by atoms with van der Waals surface area (Å²) in [5.41, 5.74) is 11.7. The maximum Gasteiger partial charge on any atom is 0.254 e. The van der Waals surface area contributed by atoms with Gasteiger partial charge in [0, 0.05) is 80.7 Å². The fourth-order valence-corrected chi connectivity index (χ4v) is 6.86. The van der Waals surface area contributed by atoms with E-state index >= 15 is 0 Å². The summed E-state index contributed by atoms with van der Waals surface area (Å²) in [5, 5.41) is 12.2. The highest BCUT2D eigenvalue weighted by molar-refractivity contribution is 6.31. The molecule has 0 unspecified atom stereocenters. The van der Waals surface area contributed by atoms with Crippen LogP contribution in [0.2, 0.25) is 5.15 Å². The maximum absolute atomic E-state index is 14.4. The largest absolute Gasteiger partial charge is 0.398 e. The Bertz CT molecular complexity index is 1790. The number of piperidine rings is 1. The molecule has 0 bridgehead atoms. The first-order chi connectivity index (χ1) is 23.8. The molecule has 3 heterocycles. The number of halogens is 5. The van der Waals surface area contributed by atoms with Gasteiger partial charge < -0.3 is 31.7 Å². The number of likely N-dealkylation sites (tertiary alicyclic amines) is 1. The molecule has 50 heavy (non-hydrogen) atoms. The monoisotopic (exact) mass is 718 g/mol. The molecule has 0 saturated carbocycles. The van der Waals surface area contributed by atoms with E-state index in [2.05, 4.69) is 33.7 Å². The minimum absolute atomic E-state index is 0.0894. The minimum Gasteiger partial charge on any atom is -0.398 e. The van der Waals surface area contributed by atoms with E-state index in [9.17, 15) is 27.2 Å². The molecule has 2 aliphatic heterocycles. The highest BCUT2D eigenvalue weighted by atomic mass is 35.5. The van der Waals surface area contributed by atoms with Crippen molar-refractivity contribution in [1.29, 1.82) is 0 Å². The summed E-state index contributed by atoms with van der Waals surface area (Å²) in [6, 6.07) is 3.13. The third kappa shape index (κ3) is 7.79. The van der Waals surface area contributed by atoms with Crippen LogP contribution in [-0.4, -0.2) is 94.5 Å². The fourth-order valence-electron chi connectivity index (χ4n) is 6.61. The van der Waals surface area contributed by atoms with Gasteiger partial charge in [0.05, 0.1) is 12.3 Å². The van der Waals surface area contributed by atoms with Crippen molar-refractivity contribution in [1.82, 2.24) is 25.1 Å². The van der Waals surface area contributed by atoms with E-state index in [4.69, 9.17) is 28.2 Å². The molecule has 2 fully saturated rings. The number of nitrogens with zero attached hydrogens (tertiary/aromatic N) is 5. The summed E-state index contributed by atoms with van der Waals surface area (Å²) in [4.78, 5) is 41.6. The van der Waals surface area contributed by atoms with Gasteiger partial charge in [-0.2, -0.15) is 0 Å². The van der Waals surface area contributed by atoms with Gasteiger partial charge >= 0.3 is 0 Å². The smallest absolute Gasteiger partial charge is 0.254 e. The lowest BCUT2D eigenvalue weighted by molar-refractivity contribution is 0.0490. The molecule has 2 aromatic carbocycles. The highest BCUT2D eigenvalue weighted by Gasteiger charge is 2.36. The van der Waals surface area contributed by atoms with Gasteiger partial charge in [0.2, 0.25) is 0 Å². The second-order valence-corrected chi connectivity index (χ2v) is 12.7. The number of nitrogens with one attached hydrogen (secondary N) is 1. The Morgan fingerprint density at radius 2 is 1.62 bits per heavy atom. The van der Waals surface area contributed by atoms with Gasteiger partial charge in [-0.1, -0.05) is 25.1 Å². The molecular weight excluding hydrogens is 680 g/mol. The number of Topliss-reactive ketones (excluding diaryl/α,β-unsaturated/α-hetero) is 1. The zero-order valence-electron chi connectivity index (χ0n) is 27.5. The number of anilines is 3. The molecule has 0 aliphatic carbocycles. The number of carbonyl (C=O) groups excluding carboxylic acids is 2. The molecule has 268 valence electrons. The summed E-state index contributed by atoms with van der Waals surface area (Å²) in [6.07, 6.45) is 1.49. The lowest BCUT2D eigenvalue weighted by Gasteiger charge is -2.47. The van der Waals surface area contributed by atoms with Crippen LogP contribution in [0.25, 0.3) is 5.70 Å². The molecule has 11 nitrogen and oxygen atoms in total. The summed E-state index contributed by atoms with van der Waals surface area (Å²) in [5.74, 6) is -5.74. The van der Waals surface area contributed by atoms with Crippen molar-refractivity contribution in [2.45, 2.75) is 44.7 Å². The normalized spacial score (nSPS) is 17.2. The van der Waals surface area contributed by atoms with Crippen molar-refractivity contribution in [3.63, 3.8) is 0 Å². The summed E-state index contributed by atoms with van der Waals surface area (Å²) >= 11 is 6.55. The molecular formula is C34H39ClF4N8O3. The number of aliphatic hydroxyl groups excluding tert-OH is 1.